The molecule has 27 heavy (non-hydrogen) atoms. The molecule has 1 aliphatic heterocycles. The van der Waals surface area contributed by atoms with Gasteiger partial charge in [0.15, 0.2) is 0 Å². The SMILES string of the molecule is NCc1ccc(C2=NOC(c3cccc(C(F)(F)F)c3)(C(F)(F)F)C2)cc1. The lowest BCUT2D eigenvalue weighted by atomic mass is 9.85. The van der Waals surface area contributed by atoms with Crippen LogP contribution < -0.4 is 5.73 Å². The highest BCUT2D eigenvalue weighted by atomic mass is 19.4. The van der Waals surface area contributed by atoms with Crippen molar-refractivity contribution in [2.24, 2.45) is 10.9 Å². The molecule has 144 valence electrons. The summed E-state index contributed by atoms with van der Waals surface area (Å²) in [5.74, 6) is 0. The van der Waals surface area contributed by atoms with Crippen molar-refractivity contribution < 1.29 is 31.2 Å². The second-order valence-electron chi connectivity index (χ2n) is 6.11. The van der Waals surface area contributed by atoms with Crippen LogP contribution in [0.4, 0.5) is 26.3 Å². The molecule has 0 amide bonds. The molecule has 9 heteroatoms. The van der Waals surface area contributed by atoms with Crippen molar-refractivity contribution in [3.8, 4) is 0 Å². The summed E-state index contributed by atoms with van der Waals surface area (Å²) in [7, 11) is 0. The number of oxime groups is 1. The first-order valence-electron chi connectivity index (χ1n) is 7.86. The molecule has 2 aromatic carbocycles. The van der Waals surface area contributed by atoms with E-state index in [1.165, 1.54) is 0 Å². The van der Waals surface area contributed by atoms with Gasteiger partial charge >= 0.3 is 12.4 Å². The van der Waals surface area contributed by atoms with Gasteiger partial charge in [0.1, 0.15) is 0 Å². The van der Waals surface area contributed by atoms with E-state index >= 15 is 0 Å². The highest BCUT2D eigenvalue weighted by Gasteiger charge is 2.62. The molecule has 2 aromatic rings. The number of benzene rings is 2. The second-order valence-corrected chi connectivity index (χ2v) is 6.11. The molecule has 0 aromatic heterocycles. The molecule has 1 aliphatic rings. The Bertz CT molecular complexity index is 857. The number of halogens is 6. The van der Waals surface area contributed by atoms with Crippen molar-refractivity contribution in [2.75, 3.05) is 0 Å². The quantitative estimate of drug-likeness (QED) is 0.772. The Morgan fingerprint density at radius 3 is 2.22 bits per heavy atom. The lowest BCUT2D eigenvalue weighted by Crippen LogP contribution is -2.42. The van der Waals surface area contributed by atoms with Crippen LogP contribution in [0, 0.1) is 0 Å². The molecule has 0 aliphatic carbocycles. The predicted molar refractivity (Wildman–Crippen MR) is 85.7 cm³/mol. The van der Waals surface area contributed by atoms with Crippen molar-refractivity contribution in [1.29, 1.82) is 0 Å². The van der Waals surface area contributed by atoms with Gasteiger partial charge < -0.3 is 10.6 Å². The van der Waals surface area contributed by atoms with Gasteiger partial charge in [-0.1, -0.05) is 41.6 Å². The van der Waals surface area contributed by atoms with Crippen molar-refractivity contribution in [2.45, 2.75) is 30.9 Å². The Hall–Kier alpha value is -2.55. The van der Waals surface area contributed by atoms with E-state index in [0.717, 1.165) is 17.7 Å². The minimum atomic E-state index is -4.97. The Balaban J connectivity index is 2.00. The Morgan fingerprint density at radius 2 is 1.67 bits per heavy atom. The van der Waals surface area contributed by atoms with Crippen LogP contribution in [0.15, 0.2) is 53.7 Å². The maximum atomic E-state index is 13.8. The molecule has 0 bridgehead atoms. The summed E-state index contributed by atoms with van der Waals surface area (Å²) >= 11 is 0. The van der Waals surface area contributed by atoms with E-state index in [-0.39, 0.29) is 12.3 Å². The summed E-state index contributed by atoms with van der Waals surface area (Å²) in [6.45, 7) is 0.264. The standard InChI is InChI=1S/C18H14F6N2O/c19-17(20,21)14-3-1-2-13(8-14)16(18(22,23)24)9-15(26-27-16)12-6-4-11(10-25)5-7-12/h1-8H,9-10,25H2. The molecule has 0 spiro atoms. The monoisotopic (exact) mass is 388 g/mol. The minimum Gasteiger partial charge on any atom is -0.374 e. The first-order chi connectivity index (χ1) is 12.6. The Morgan fingerprint density at radius 1 is 1.00 bits per heavy atom. The van der Waals surface area contributed by atoms with Gasteiger partial charge in [0.05, 0.1) is 11.3 Å². The van der Waals surface area contributed by atoms with Gasteiger partial charge in [-0.05, 0) is 23.3 Å². The van der Waals surface area contributed by atoms with E-state index in [9.17, 15) is 26.3 Å². The molecule has 0 saturated carbocycles. The summed E-state index contributed by atoms with van der Waals surface area (Å²) in [5.41, 5.74) is 1.82. The van der Waals surface area contributed by atoms with Crippen LogP contribution in [0.25, 0.3) is 0 Å². The van der Waals surface area contributed by atoms with Gasteiger partial charge in [-0.15, -0.1) is 0 Å². The topological polar surface area (TPSA) is 47.6 Å². The van der Waals surface area contributed by atoms with Crippen LogP contribution in [0.5, 0.6) is 0 Å². The fraction of sp³-hybridized carbons (Fsp3) is 0.278. The van der Waals surface area contributed by atoms with Crippen molar-refractivity contribution in [3.05, 3.63) is 70.8 Å². The van der Waals surface area contributed by atoms with E-state index in [1.807, 2.05) is 0 Å². The van der Waals surface area contributed by atoms with Crippen molar-refractivity contribution in [3.63, 3.8) is 0 Å². The molecular weight excluding hydrogens is 374 g/mol. The zero-order chi connectivity index (χ0) is 19.9. The highest BCUT2D eigenvalue weighted by molar-refractivity contribution is 6.01. The zero-order valence-electron chi connectivity index (χ0n) is 13.7. The number of nitrogens with two attached hydrogens (primary N) is 1. The van der Waals surface area contributed by atoms with Crippen LogP contribution in [-0.2, 0) is 23.2 Å². The van der Waals surface area contributed by atoms with Gasteiger partial charge in [0.2, 0.25) is 0 Å². The summed E-state index contributed by atoms with van der Waals surface area (Å²) < 4.78 is 80.3. The van der Waals surface area contributed by atoms with Gasteiger partial charge in [0, 0.05) is 18.5 Å². The van der Waals surface area contributed by atoms with Gasteiger partial charge in [-0.25, -0.2) is 0 Å². The first kappa shape index (κ1) is 19.2. The second kappa shape index (κ2) is 6.56. The number of alkyl halides is 6. The number of hydrogen-bond acceptors (Lipinski definition) is 3. The molecule has 0 saturated heterocycles. The third kappa shape index (κ3) is 3.51. The summed E-state index contributed by atoms with van der Waals surface area (Å²) in [5, 5.41) is 3.53. The summed E-state index contributed by atoms with van der Waals surface area (Å²) in [6, 6.07) is 9.39. The number of nitrogens with zero attached hydrogens (tertiary/aromatic N) is 1. The van der Waals surface area contributed by atoms with E-state index < -0.39 is 35.5 Å². The largest absolute Gasteiger partial charge is 0.435 e. The summed E-state index contributed by atoms with van der Waals surface area (Å²) in [6.07, 6.45) is -10.5. The number of rotatable bonds is 3. The van der Waals surface area contributed by atoms with Gasteiger partial charge in [-0.2, -0.15) is 26.3 Å². The maximum Gasteiger partial charge on any atom is 0.435 e. The highest BCUT2D eigenvalue weighted by Crippen LogP contribution is 2.49. The Kier molecular flexibility index (Phi) is 4.67. The fourth-order valence-corrected chi connectivity index (χ4v) is 2.84. The number of hydrogen-bond donors (Lipinski definition) is 1. The smallest absolute Gasteiger partial charge is 0.374 e. The van der Waals surface area contributed by atoms with Crippen LogP contribution >= 0.6 is 0 Å². The van der Waals surface area contributed by atoms with Crippen LogP contribution in [0.1, 0.15) is 28.7 Å². The Labute approximate surface area is 150 Å². The normalized spacial score (nSPS) is 20.3. The molecule has 1 unspecified atom stereocenters. The van der Waals surface area contributed by atoms with E-state index in [2.05, 4.69) is 5.16 Å². The fourth-order valence-electron chi connectivity index (χ4n) is 2.84. The van der Waals surface area contributed by atoms with Crippen LogP contribution in [0.2, 0.25) is 0 Å². The molecule has 3 nitrogen and oxygen atoms in total. The molecule has 0 radical (unpaired) electrons. The predicted octanol–water partition coefficient (Wildman–Crippen LogP) is 4.75. The molecule has 0 fully saturated rings. The van der Waals surface area contributed by atoms with Gasteiger partial charge in [0.25, 0.3) is 5.60 Å². The average molecular weight is 388 g/mol. The molecule has 1 atom stereocenters. The van der Waals surface area contributed by atoms with Gasteiger partial charge in [-0.3, -0.25) is 0 Å². The first-order valence-corrected chi connectivity index (χ1v) is 7.86. The average Bonchev–Trinajstić information content (AvgIpc) is 3.08. The molecule has 1 heterocycles. The summed E-state index contributed by atoms with van der Waals surface area (Å²) in [4.78, 5) is 4.75. The lowest BCUT2D eigenvalue weighted by molar-refractivity contribution is -0.276. The minimum absolute atomic E-state index is 0.00620. The van der Waals surface area contributed by atoms with Crippen LogP contribution in [0.3, 0.4) is 0 Å². The lowest BCUT2D eigenvalue weighted by Gasteiger charge is -2.30. The van der Waals surface area contributed by atoms with E-state index in [4.69, 9.17) is 10.6 Å². The molecular formula is C18H14F6N2O. The molecule has 2 N–H and O–H groups in total. The van der Waals surface area contributed by atoms with Crippen molar-refractivity contribution >= 4 is 5.71 Å². The van der Waals surface area contributed by atoms with E-state index in [0.29, 0.717) is 17.7 Å². The van der Waals surface area contributed by atoms with Crippen molar-refractivity contribution in [1.82, 2.24) is 0 Å². The molecule has 3 rings (SSSR count). The maximum absolute atomic E-state index is 13.8. The third-order valence-electron chi connectivity index (χ3n) is 4.37. The van der Waals surface area contributed by atoms with Crippen LogP contribution in [-0.4, -0.2) is 11.9 Å². The third-order valence-corrected chi connectivity index (χ3v) is 4.37. The van der Waals surface area contributed by atoms with E-state index in [1.54, 1.807) is 24.3 Å². The zero-order valence-corrected chi connectivity index (χ0v) is 13.7.